The molecule has 0 spiro atoms. The molecule has 1 aromatic rings. The molecule has 2 amide bonds. The molecular formula is C12H14N2O6. The summed E-state index contributed by atoms with van der Waals surface area (Å²) >= 11 is 0. The second-order valence-electron chi connectivity index (χ2n) is 3.69. The van der Waals surface area contributed by atoms with Gasteiger partial charge in [-0.3, -0.25) is 20.4 Å². The van der Waals surface area contributed by atoms with Gasteiger partial charge in [0, 0.05) is 13.0 Å². The van der Waals surface area contributed by atoms with Crippen LogP contribution < -0.4 is 15.6 Å². The molecule has 3 N–H and O–H groups in total. The van der Waals surface area contributed by atoms with E-state index in [1.807, 2.05) is 10.9 Å². The second-order valence-corrected chi connectivity index (χ2v) is 3.69. The van der Waals surface area contributed by atoms with Gasteiger partial charge >= 0.3 is 5.97 Å². The van der Waals surface area contributed by atoms with Crippen molar-refractivity contribution in [1.29, 1.82) is 0 Å². The summed E-state index contributed by atoms with van der Waals surface area (Å²) in [5, 5.41) is 9.60. The number of esters is 1. The Balaban J connectivity index is 2.55. The van der Waals surface area contributed by atoms with Crippen molar-refractivity contribution in [1.82, 2.24) is 10.9 Å². The van der Waals surface area contributed by atoms with Crippen LogP contribution in [0, 0.1) is 0 Å². The predicted molar refractivity (Wildman–Crippen MR) is 66.9 cm³/mol. The third-order valence-electron chi connectivity index (χ3n) is 2.14. The van der Waals surface area contributed by atoms with Gasteiger partial charge in [-0.2, -0.15) is 0 Å². The number of nitrogens with one attached hydrogen (secondary N) is 2. The number of amides is 2. The summed E-state index contributed by atoms with van der Waals surface area (Å²) in [5.74, 6) is -1.98. The van der Waals surface area contributed by atoms with Crippen molar-refractivity contribution < 1.29 is 29.0 Å². The molecule has 0 aromatic heterocycles. The van der Waals surface area contributed by atoms with Gasteiger partial charge in [0.15, 0.2) is 6.61 Å². The normalized spacial score (nSPS) is 9.50. The first kappa shape index (κ1) is 15.3. The number of hydrogen-bond donors (Lipinski definition) is 3. The summed E-state index contributed by atoms with van der Waals surface area (Å²) in [6.45, 7) is 0.617. The van der Waals surface area contributed by atoms with Crippen LogP contribution in [0.5, 0.6) is 11.5 Å². The molecule has 0 aliphatic carbocycles. The largest absolute Gasteiger partial charge is 0.507 e. The number of rotatable bonds is 4. The summed E-state index contributed by atoms with van der Waals surface area (Å²) in [6.07, 6.45) is 0. The number of hydrazine groups is 1. The minimum absolute atomic E-state index is 0.0990. The fraction of sp³-hybridized carbons (Fsp3) is 0.250. The van der Waals surface area contributed by atoms with Crippen LogP contribution in [0.15, 0.2) is 18.2 Å². The molecule has 0 saturated heterocycles. The van der Waals surface area contributed by atoms with E-state index < -0.39 is 24.4 Å². The summed E-state index contributed by atoms with van der Waals surface area (Å²) in [5.41, 5.74) is 3.96. The van der Waals surface area contributed by atoms with Gasteiger partial charge in [-0.05, 0) is 12.1 Å². The lowest BCUT2D eigenvalue weighted by molar-refractivity contribution is -0.129. The molecule has 0 unspecified atom stereocenters. The van der Waals surface area contributed by atoms with E-state index in [0.717, 1.165) is 0 Å². The number of hydrogen-bond acceptors (Lipinski definition) is 6. The summed E-state index contributed by atoms with van der Waals surface area (Å²) in [6, 6.07) is 4.02. The zero-order chi connectivity index (χ0) is 15.1. The van der Waals surface area contributed by atoms with Crippen LogP contribution >= 0.6 is 0 Å². The molecule has 8 heteroatoms. The molecule has 8 nitrogen and oxygen atoms in total. The Kier molecular flexibility index (Phi) is 5.33. The number of carbonyl (C=O) groups excluding carboxylic acids is 3. The van der Waals surface area contributed by atoms with E-state index in [2.05, 4.69) is 4.74 Å². The van der Waals surface area contributed by atoms with Crippen molar-refractivity contribution in [2.45, 2.75) is 6.92 Å². The van der Waals surface area contributed by atoms with Crippen molar-refractivity contribution in [2.75, 3.05) is 13.7 Å². The Labute approximate surface area is 114 Å². The Morgan fingerprint density at radius 2 is 1.95 bits per heavy atom. The Hall–Kier alpha value is -2.77. The number of phenolic OH excluding ortho intramolecular Hbond substituents is 1. The minimum Gasteiger partial charge on any atom is -0.507 e. The molecule has 0 heterocycles. The minimum atomic E-state index is -0.872. The van der Waals surface area contributed by atoms with Gasteiger partial charge in [0.25, 0.3) is 5.91 Å². The van der Waals surface area contributed by atoms with Gasteiger partial charge in [0.2, 0.25) is 5.91 Å². The second kappa shape index (κ2) is 6.98. The molecule has 0 bridgehead atoms. The fourth-order valence-corrected chi connectivity index (χ4v) is 1.21. The van der Waals surface area contributed by atoms with Crippen molar-refractivity contribution in [3.05, 3.63) is 23.8 Å². The number of aromatic hydroxyl groups is 1. The Bertz CT molecular complexity index is 529. The molecule has 0 fully saturated rings. The average Bonchev–Trinajstić information content (AvgIpc) is 2.42. The van der Waals surface area contributed by atoms with E-state index in [1.54, 1.807) is 0 Å². The molecule has 1 aromatic carbocycles. The van der Waals surface area contributed by atoms with E-state index in [1.165, 1.54) is 32.2 Å². The summed E-state index contributed by atoms with van der Waals surface area (Å²) in [4.78, 5) is 33.3. The lowest BCUT2D eigenvalue weighted by atomic mass is 10.2. The molecule has 0 aliphatic heterocycles. The fourth-order valence-electron chi connectivity index (χ4n) is 1.21. The highest BCUT2D eigenvalue weighted by Crippen LogP contribution is 2.23. The lowest BCUT2D eigenvalue weighted by Crippen LogP contribution is -2.42. The quantitative estimate of drug-likeness (QED) is 0.517. The monoisotopic (exact) mass is 282 g/mol. The van der Waals surface area contributed by atoms with Crippen LogP contribution in [0.2, 0.25) is 0 Å². The summed E-state index contributed by atoms with van der Waals surface area (Å²) < 4.78 is 9.54. The third-order valence-corrected chi connectivity index (χ3v) is 2.14. The van der Waals surface area contributed by atoms with E-state index in [9.17, 15) is 19.5 Å². The van der Waals surface area contributed by atoms with Crippen molar-refractivity contribution in [2.24, 2.45) is 0 Å². The highest BCUT2D eigenvalue weighted by atomic mass is 16.5. The van der Waals surface area contributed by atoms with Gasteiger partial charge in [-0.15, -0.1) is 0 Å². The molecule has 108 valence electrons. The van der Waals surface area contributed by atoms with E-state index in [0.29, 0.717) is 5.75 Å². The van der Waals surface area contributed by atoms with Crippen LogP contribution in [0.3, 0.4) is 0 Å². The first-order valence-electron chi connectivity index (χ1n) is 5.53. The first-order chi connectivity index (χ1) is 9.43. The van der Waals surface area contributed by atoms with Gasteiger partial charge < -0.3 is 14.6 Å². The number of ether oxygens (including phenoxy) is 2. The van der Waals surface area contributed by atoms with Crippen LogP contribution in [-0.2, 0) is 14.3 Å². The first-order valence-corrected chi connectivity index (χ1v) is 5.53. The third kappa shape index (κ3) is 4.48. The van der Waals surface area contributed by atoms with Crippen LogP contribution in [0.4, 0.5) is 0 Å². The van der Waals surface area contributed by atoms with Crippen molar-refractivity contribution in [3.8, 4) is 11.5 Å². The van der Waals surface area contributed by atoms with Gasteiger partial charge in [-0.25, -0.2) is 4.79 Å². The zero-order valence-electron chi connectivity index (χ0n) is 10.9. The van der Waals surface area contributed by atoms with Crippen LogP contribution in [0.1, 0.15) is 17.3 Å². The Morgan fingerprint density at radius 1 is 1.25 bits per heavy atom. The number of phenols is 1. The number of carbonyl (C=O) groups is 3. The lowest BCUT2D eigenvalue weighted by Gasteiger charge is -2.08. The molecule has 0 atom stereocenters. The van der Waals surface area contributed by atoms with Crippen LogP contribution in [-0.4, -0.2) is 36.6 Å². The molecule has 0 saturated carbocycles. The Morgan fingerprint density at radius 3 is 2.50 bits per heavy atom. The van der Waals surface area contributed by atoms with Crippen molar-refractivity contribution >= 4 is 17.8 Å². The van der Waals surface area contributed by atoms with Crippen LogP contribution in [0.25, 0.3) is 0 Å². The summed E-state index contributed by atoms with van der Waals surface area (Å²) in [7, 11) is 1.42. The number of benzene rings is 1. The molecule has 1 rings (SSSR count). The molecular weight excluding hydrogens is 268 g/mol. The maximum Gasteiger partial charge on any atom is 0.342 e. The molecule has 0 aliphatic rings. The predicted octanol–water partition coefficient (Wildman–Crippen LogP) is -0.275. The number of methoxy groups -OCH3 is 1. The topological polar surface area (TPSA) is 114 Å². The maximum absolute atomic E-state index is 11.6. The van der Waals surface area contributed by atoms with E-state index >= 15 is 0 Å². The highest BCUT2D eigenvalue weighted by molar-refractivity contribution is 5.94. The van der Waals surface area contributed by atoms with E-state index in [4.69, 9.17) is 4.74 Å². The van der Waals surface area contributed by atoms with Crippen molar-refractivity contribution in [3.63, 3.8) is 0 Å². The standard InChI is InChI=1S/C12H14N2O6/c1-7(15)13-14-11(17)6-20-12(18)9-4-3-8(19-2)5-10(9)16/h3-5,16H,6H2,1-2H3,(H,13,15)(H,14,17). The SMILES string of the molecule is COc1ccc(C(=O)OCC(=O)NNC(C)=O)c(O)c1. The molecule has 0 radical (unpaired) electrons. The maximum atomic E-state index is 11.6. The highest BCUT2D eigenvalue weighted by Gasteiger charge is 2.15. The smallest absolute Gasteiger partial charge is 0.342 e. The van der Waals surface area contributed by atoms with E-state index in [-0.39, 0.29) is 11.3 Å². The zero-order valence-corrected chi connectivity index (χ0v) is 10.9. The van der Waals surface area contributed by atoms with Gasteiger partial charge in [0.05, 0.1) is 7.11 Å². The van der Waals surface area contributed by atoms with Gasteiger partial charge in [-0.1, -0.05) is 0 Å². The van der Waals surface area contributed by atoms with Gasteiger partial charge in [0.1, 0.15) is 17.1 Å². The average molecular weight is 282 g/mol. The molecule has 20 heavy (non-hydrogen) atoms.